The van der Waals surface area contributed by atoms with Gasteiger partial charge in [-0.3, -0.25) is 14.5 Å². The summed E-state index contributed by atoms with van der Waals surface area (Å²) >= 11 is 0. The molecule has 2 heterocycles. The average molecular weight is 373 g/mol. The van der Waals surface area contributed by atoms with Crippen LogP contribution < -0.4 is 15.5 Å². The maximum absolute atomic E-state index is 12.9. The van der Waals surface area contributed by atoms with E-state index in [0.717, 1.165) is 31.6 Å². The topological polar surface area (TPSA) is 74.4 Å². The van der Waals surface area contributed by atoms with Gasteiger partial charge in [-0.2, -0.15) is 0 Å². The second-order valence-corrected chi connectivity index (χ2v) is 6.85. The molecule has 2 aromatic rings. The molecule has 1 aromatic heterocycles. The predicted octanol–water partition coefficient (Wildman–Crippen LogP) is 2.16. The number of pyridine rings is 1. The Balaban J connectivity index is 1.51. The Kier molecular flexibility index (Phi) is 6.24. The highest BCUT2D eigenvalue weighted by Gasteiger charge is 2.21. The lowest BCUT2D eigenvalue weighted by atomic mass is 9.97. The fourth-order valence-electron chi connectivity index (χ4n) is 3.39. The number of methoxy groups -OCH3 is 1. The van der Waals surface area contributed by atoms with Gasteiger partial charge in [0.25, 0.3) is 5.91 Å². The number of carbonyl (C=O) groups is 1. The minimum atomic E-state index is -0.356. The molecule has 0 spiro atoms. The van der Waals surface area contributed by atoms with Gasteiger partial charge in [-0.15, -0.1) is 0 Å². The third-order valence-electron chi connectivity index (χ3n) is 4.81. The van der Waals surface area contributed by atoms with Crippen molar-refractivity contribution < 1.29 is 13.9 Å². The number of aromatic nitrogens is 1. The first-order valence-corrected chi connectivity index (χ1v) is 9.07. The smallest absolute Gasteiger partial charge is 0.251 e. The van der Waals surface area contributed by atoms with Crippen LogP contribution in [0, 0.1) is 11.7 Å². The Hall–Kier alpha value is -2.67. The number of halogens is 1. The van der Waals surface area contributed by atoms with Gasteiger partial charge >= 0.3 is 0 Å². The first-order chi connectivity index (χ1) is 13.0. The number of amides is 1. The minimum Gasteiger partial charge on any atom is -0.491 e. The molecule has 0 aliphatic carbocycles. The van der Waals surface area contributed by atoms with Crippen LogP contribution in [0.2, 0.25) is 0 Å². The van der Waals surface area contributed by atoms with Gasteiger partial charge in [-0.25, -0.2) is 4.39 Å². The van der Waals surface area contributed by atoms with Crippen LogP contribution in [-0.4, -0.2) is 42.5 Å². The molecule has 1 fully saturated rings. The van der Waals surface area contributed by atoms with Crippen LogP contribution in [0.1, 0.15) is 28.9 Å². The average Bonchev–Trinajstić information content (AvgIpc) is 2.67. The normalized spacial score (nSPS) is 17.5. The van der Waals surface area contributed by atoms with Crippen molar-refractivity contribution in [2.45, 2.75) is 19.4 Å². The number of likely N-dealkylation sites (tertiary alicyclic amines) is 1. The maximum atomic E-state index is 12.9. The molecule has 0 saturated carbocycles. The van der Waals surface area contributed by atoms with Gasteiger partial charge in [0, 0.05) is 43.2 Å². The molecule has 1 amide bonds. The van der Waals surface area contributed by atoms with E-state index >= 15 is 0 Å². The third kappa shape index (κ3) is 5.17. The second kappa shape index (κ2) is 8.81. The zero-order valence-corrected chi connectivity index (χ0v) is 15.3. The van der Waals surface area contributed by atoms with E-state index in [2.05, 4.69) is 15.2 Å². The molecular formula is C20H24FN3O3. The van der Waals surface area contributed by atoms with E-state index in [9.17, 15) is 14.0 Å². The quantitative estimate of drug-likeness (QED) is 0.814. The van der Waals surface area contributed by atoms with Gasteiger partial charge in [-0.1, -0.05) is 0 Å². The molecule has 0 bridgehead atoms. The van der Waals surface area contributed by atoms with Crippen molar-refractivity contribution in [3.63, 3.8) is 0 Å². The molecular weight excluding hydrogens is 349 g/mol. The third-order valence-corrected chi connectivity index (χ3v) is 4.81. The minimum absolute atomic E-state index is 0.133. The highest BCUT2D eigenvalue weighted by Crippen LogP contribution is 2.18. The number of piperidine rings is 1. The molecule has 1 saturated heterocycles. The van der Waals surface area contributed by atoms with Gasteiger partial charge in [0.05, 0.1) is 7.11 Å². The van der Waals surface area contributed by atoms with Gasteiger partial charge in [0.15, 0.2) is 5.75 Å². The zero-order valence-electron chi connectivity index (χ0n) is 15.3. The number of hydrogen-bond acceptors (Lipinski definition) is 4. The van der Waals surface area contributed by atoms with Crippen molar-refractivity contribution in [3.05, 3.63) is 63.8 Å². The molecule has 0 radical (unpaired) electrons. The molecule has 6 nitrogen and oxygen atoms in total. The Bertz CT molecular complexity index is 835. The van der Waals surface area contributed by atoms with Gasteiger partial charge in [-0.05, 0) is 49.6 Å². The van der Waals surface area contributed by atoms with Crippen molar-refractivity contribution in [1.29, 1.82) is 0 Å². The van der Waals surface area contributed by atoms with Crippen molar-refractivity contribution in [2.24, 2.45) is 5.92 Å². The van der Waals surface area contributed by atoms with E-state index in [-0.39, 0.29) is 17.2 Å². The molecule has 2 N–H and O–H groups in total. The first-order valence-electron chi connectivity index (χ1n) is 9.07. The Labute approximate surface area is 157 Å². The standard InChI is InChI=1S/C20H24FN3O3/c1-27-19-11-22-17(9-18(19)25)13-24-8-2-3-14(12-24)10-23-20(26)15-4-6-16(21)7-5-15/h4-7,9,11,14H,2-3,8,10,12-13H2,1H3,(H,22,25)(H,23,26)/t14-/m0/s1. The molecule has 1 aromatic carbocycles. The number of nitrogens with one attached hydrogen (secondary N) is 2. The molecule has 1 aliphatic rings. The summed E-state index contributed by atoms with van der Waals surface area (Å²) in [6.07, 6.45) is 3.67. The summed E-state index contributed by atoms with van der Waals surface area (Å²) in [5.41, 5.74) is 1.17. The lowest BCUT2D eigenvalue weighted by Gasteiger charge is -2.32. The summed E-state index contributed by atoms with van der Waals surface area (Å²) in [6.45, 7) is 3.03. The summed E-state index contributed by atoms with van der Waals surface area (Å²) in [5, 5.41) is 2.93. The van der Waals surface area contributed by atoms with Gasteiger partial charge in [0.1, 0.15) is 5.82 Å². The largest absolute Gasteiger partial charge is 0.491 e. The van der Waals surface area contributed by atoms with Crippen molar-refractivity contribution >= 4 is 5.91 Å². The van der Waals surface area contributed by atoms with Crippen LogP contribution in [-0.2, 0) is 6.54 Å². The van der Waals surface area contributed by atoms with Crippen molar-refractivity contribution in [1.82, 2.24) is 15.2 Å². The number of hydrogen-bond donors (Lipinski definition) is 2. The highest BCUT2D eigenvalue weighted by molar-refractivity contribution is 5.94. The number of aromatic amines is 1. The second-order valence-electron chi connectivity index (χ2n) is 6.85. The summed E-state index contributed by atoms with van der Waals surface area (Å²) in [7, 11) is 1.47. The molecule has 1 atom stereocenters. The number of ether oxygens (including phenoxy) is 1. The fourth-order valence-corrected chi connectivity index (χ4v) is 3.39. The number of H-pyrrole nitrogens is 1. The monoisotopic (exact) mass is 373 g/mol. The summed E-state index contributed by atoms with van der Waals surface area (Å²) < 4.78 is 17.9. The van der Waals surface area contributed by atoms with Crippen LogP contribution in [0.4, 0.5) is 4.39 Å². The van der Waals surface area contributed by atoms with Crippen LogP contribution in [0.25, 0.3) is 0 Å². The summed E-state index contributed by atoms with van der Waals surface area (Å²) in [5.74, 6) is 0.101. The number of rotatable bonds is 6. The number of nitrogens with zero attached hydrogens (tertiary/aromatic N) is 1. The van der Waals surface area contributed by atoms with E-state index in [4.69, 9.17) is 4.74 Å². The van der Waals surface area contributed by atoms with E-state index < -0.39 is 0 Å². The fraction of sp³-hybridized carbons (Fsp3) is 0.400. The van der Waals surface area contributed by atoms with Gasteiger partial charge < -0.3 is 15.0 Å². The number of carbonyl (C=O) groups excluding carboxylic acids is 1. The van der Waals surface area contributed by atoms with Crippen LogP contribution in [0.15, 0.2) is 41.3 Å². The van der Waals surface area contributed by atoms with Crippen molar-refractivity contribution in [2.75, 3.05) is 26.7 Å². The highest BCUT2D eigenvalue weighted by atomic mass is 19.1. The molecule has 3 rings (SSSR count). The maximum Gasteiger partial charge on any atom is 0.251 e. The predicted molar refractivity (Wildman–Crippen MR) is 100 cm³/mol. The lowest BCUT2D eigenvalue weighted by molar-refractivity contribution is 0.0930. The van der Waals surface area contributed by atoms with E-state index in [1.165, 1.54) is 31.4 Å². The van der Waals surface area contributed by atoms with E-state index in [1.54, 1.807) is 12.3 Å². The first kappa shape index (κ1) is 19.1. The van der Waals surface area contributed by atoms with Crippen LogP contribution in [0.5, 0.6) is 5.75 Å². The molecule has 144 valence electrons. The van der Waals surface area contributed by atoms with Gasteiger partial charge in [0.2, 0.25) is 5.43 Å². The zero-order chi connectivity index (χ0) is 19.2. The van der Waals surface area contributed by atoms with Crippen LogP contribution in [0.3, 0.4) is 0 Å². The van der Waals surface area contributed by atoms with E-state index in [1.807, 2.05) is 0 Å². The lowest BCUT2D eigenvalue weighted by Crippen LogP contribution is -2.40. The Morgan fingerprint density at radius 3 is 2.85 bits per heavy atom. The summed E-state index contributed by atoms with van der Waals surface area (Å²) in [6, 6.07) is 7.11. The Morgan fingerprint density at radius 1 is 1.37 bits per heavy atom. The number of benzene rings is 1. The summed E-state index contributed by atoms with van der Waals surface area (Å²) in [4.78, 5) is 29.4. The molecule has 7 heteroatoms. The molecule has 1 aliphatic heterocycles. The molecule has 0 unspecified atom stereocenters. The molecule has 27 heavy (non-hydrogen) atoms. The Morgan fingerprint density at radius 2 is 2.15 bits per heavy atom. The SMILES string of the molecule is COc1c[nH]c(CN2CCC[C@@H](CNC(=O)c3ccc(F)cc3)C2)cc1=O. The van der Waals surface area contributed by atoms with Crippen LogP contribution >= 0.6 is 0 Å². The van der Waals surface area contributed by atoms with Crippen molar-refractivity contribution in [3.8, 4) is 5.75 Å². The van der Waals surface area contributed by atoms with E-state index in [0.29, 0.717) is 30.3 Å².